The molecule has 3 rings (SSSR count). The van der Waals surface area contributed by atoms with Gasteiger partial charge < -0.3 is 25.0 Å². The molecule has 0 atom stereocenters. The van der Waals surface area contributed by atoms with Gasteiger partial charge in [-0.15, -0.1) is 0 Å². The number of rotatable bonds is 6. The van der Waals surface area contributed by atoms with Crippen LogP contribution in [0.15, 0.2) is 28.8 Å². The molecule has 2 aromatic rings. The highest BCUT2D eigenvalue weighted by molar-refractivity contribution is 5.95. The van der Waals surface area contributed by atoms with Crippen LogP contribution in [0, 0.1) is 12.3 Å². The van der Waals surface area contributed by atoms with Crippen LogP contribution in [0.2, 0.25) is 0 Å². The van der Waals surface area contributed by atoms with Gasteiger partial charge in [0.1, 0.15) is 5.75 Å². The summed E-state index contributed by atoms with van der Waals surface area (Å²) in [6.07, 6.45) is 1.28. The molecule has 0 saturated carbocycles. The summed E-state index contributed by atoms with van der Waals surface area (Å²) in [5, 5.41) is 6.70. The lowest BCUT2D eigenvalue weighted by Gasteiger charge is -2.34. The van der Waals surface area contributed by atoms with Crippen molar-refractivity contribution in [2.24, 2.45) is 11.1 Å². The molecule has 1 saturated heterocycles. The average Bonchev–Trinajstić information content (AvgIpc) is 3.07. The molecule has 134 valence electrons. The lowest BCUT2D eigenvalue weighted by molar-refractivity contribution is -0.130. The molecule has 8 heteroatoms. The smallest absolute Gasteiger partial charge is 0.232 e. The summed E-state index contributed by atoms with van der Waals surface area (Å²) in [7, 11) is 0. The first-order valence-electron chi connectivity index (χ1n) is 8.23. The Morgan fingerprint density at radius 2 is 2.04 bits per heavy atom. The van der Waals surface area contributed by atoms with Gasteiger partial charge >= 0.3 is 0 Å². The van der Waals surface area contributed by atoms with Crippen molar-refractivity contribution in [1.29, 1.82) is 0 Å². The van der Waals surface area contributed by atoms with Crippen molar-refractivity contribution in [3.8, 4) is 5.75 Å². The summed E-state index contributed by atoms with van der Waals surface area (Å²) in [4.78, 5) is 16.7. The molecule has 1 fully saturated rings. The second-order valence-electron chi connectivity index (χ2n) is 6.09. The van der Waals surface area contributed by atoms with Crippen LogP contribution in [-0.2, 0) is 16.1 Å². The van der Waals surface area contributed by atoms with Gasteiger partial charge in [-0.25, -0.2) is 0 Å². The van der Waals surface area contributed by atoms with Crippen molar-refractivity contribution in [1.82, 2.24) is 10.1 Å². The molecule has 8 nitrogen and oxygen atoms in total. The largest absolute Gasteiger partial charge is 0.485 e. The third kappa shape index (κ3) is 4.15. The third-order valence-corrected chi connectivity index (χ3v) is 4.37. The standard InChI is InChI=1S/C17H22N4O4/c1-12-19-15(21-25-12)10-24-14-4-2-13(3-5-14)20-16(22)17(11-18)6-8-23-9-7-17/h2-5H,6-11,18H2,1H3,(H,20,22). The summed E-state index contributed by atoms with van der Waals surface area (Å²) >= 11 is 0. The summed E-state index contributed by atoms with van der Waals surface area (Å²) in [5.41, 5.74) is 6.01. The Morgan fingerprint density at radius 1 is 1.32 bits per heavy atom. The predicted octanol–water partition coefficient (Wildman–Crippen LogP) is 1.65. The van der Waals surface area contributed by atoms with Gasteiger partial charge in [-0.05, 0) is 37.1 Å². The number of ether oxygens (including phenoxy) is 2. The average molecular weight is 346 g/mol. The maximum Gasteiger partial charge on any atom is 0.232 e. The molecule has 1 aromatic carbocycles. The van der Waals surface area contributed by atoms with Crippen LogP contribution >= 0.6 is 0 Å². The monoisotopic (exact) mass is 346 g/mol. The molecule has 0 aliphatic carbocycles. The number of hydrogen-bond acceptors (Lipinski definition) is 7. The number of aromatic nitrogens is 2. The fourth-order valence-electron chi connectivity index (χ4n) is 2.73. The van der Waals surface area contributed by atoms with E-state index in [-0.39, 0.29) is 12.5 Å². The van der Waals surface area contributed by atoms with Crippen LogP contribution in [-0.4, -0.2) is 35.8 Å². The minimum Gasteiger partial charge on any atom is -0.485 e. The maximum atomic E-state index is 12.6. The zero-order valence-electron chi connectivity index (χ0n) is 14.2. The number of hydrogen-bond donors (Lipinski definition) is 2. The van der Waals surface area contributed by atoms with E-state index < -0.39 is 5.41 Å². The minimum absolute atomic E-state index is 0.0609. The number of benzene rings is 1. The molecule has 1 aromatic heterocycles. The first kappa shape index (κ1) is 17.4. The zero-order chi connectivity index (χ0) is 17.7. The highest BCUT2D eigenvalue weighted by Crippen LogP contribution is 2.31. The van der Waals surface area contributed by atoms with Crippen LogP contribution in [0.5, 0.6) is 5.75 Å². The summed E-state index contributed by atoms with van der Waals surface area (Å²) in [6.45, 7) is 3.38. The van der Waals surface area contributed by atoms with E-state index in [1.807, 2.05) is 0 Å². The van der Waals surface area contributed by atoms with E-state index in [1.54, 1.807) is 31.2 Å². The van der Waals surface area contributed by atoms with Crippen LogP contribution in [0.1, 0.15) is 24.6 Å². The molecule has 2 heterocycles. The van der Waals surface area contributed by atoms with Crippen molar-refractivity contribution in [3.05, 3.63) is 36.0 Å². The predicted molar refractivity (Wildman–Crippen MR) is 90.0 cm³/mol. The molecule has 0 unspecified atom stereocenters. The van der Waals surface area contributed by atoms with Gasteiger partial charge in [-0.1, -0.05) is 5.16 Å². The Hall–Kier alpha value is -2.45. The van der Waals surface area contributed by atoms with Crippen molar-refractivity contribution >= 4 is 11.6 Å². The van der Waals surface area contributed by atoms with Gasteiger partial charge in [0.2, 0.25) is 17.6 Å². The van der Waals surface area contributed by atoms with Gasteiger partial charge in [0.25, 0.3) is 0 Å². The number of anilines is 1. The number of nitrogens with zero attached hydrogens (tertiary/aromatic N) is 2. The Balaban J connectivity index is 1.57. The highest BCUT2D eigenvalue weighted by atomic mass is 16.5. The van der Waals surface area contributed by atoms with E-state index in [9.17, 15) is 4.79 Å². The van der Waals surface area contributed by atoms with Crippen LogP contribution < -0.4 is 15.8 Å². The Kier molecular flexibility index (Phi) is 5.30. The maximum absolute atomic E-state index is 12.6. The van der Waals surface area contributed by atoms with Crippen LogP contribution in [0.4, 0.5) is 5.69 Å². The van der Waals surface area contributed by atoms with Crippen molar-refractivity contribution in [2.75, 3.05) is 25.1 Å². The van der Waals surface area contributed by atoms with E-state index in [4.69, 9.17) is 19.7 Å². The van der Waals surface area contributed by atoms with Crippen molar-refractivity contribution in [2.45, 2.75) is 26.4 Å². The molecule has 1 aliphatic rings. The number of nitrogens with one attached hydrogen (secondary N) is 1. The fourth-order valence-corrected chi connectivity index (χ4v) is 2.73. The van der Waals surface area contributed by atoms with E-state index in [0.717, 1.165) is 0 Å². The SMILES string of the molecule is Cc1nc(COc2ccc(NC(=O)C3(CN)CCOCC3)cc2)no1. The Morgan fingerprint density at radius 3 is 2.64 bits per heavy atom. The van der Waals surface area contributed by atoms with Gasteiger partial charge in [0.05, 0.1) is 5.41 Å². The van der Waals surface area contributed by atoms with Crippen molar-refractivity contribution < 1.29 is 18.8 Å². The van der Waals surface area contributed by atoms with Gasteiger partial charge in [0.15, 0.2) is 6.61 Å². The number of aryl methyl sites for hydroxylation is 1. The molecule has 0 bridgehead atoms. The summed E-state index contributed by atoms with van der Waals surface area (Å²) < 4.78 is 15.8. The minimum atomic E-state index is -0.552. The van der Waals surface area contributed by atoms with Crippen LogP contribution in [0.25, 0.3) is 0 Å². The first-order valence-corrected chi connectivity index (χ1v) is 8.23. The number of carbonyl (C=O) groups excluding carboxylic acids is 1. The molecule has 25 heavy (non-hydrogen) atoms. The second-order valence-corrected chi connectivity index (χ2v) is 6.09. The number of amides is 1. The molecule has 0 spiro atoms. The summed E-state index contributed by atoms with van der Waals surface area (Å²) in [5.74, 6) is 1.58. The Labute approximate surface area is 145 Å². The molecule has 0 radical (unpaired) electrons. The Bertz CT molecular complexity index is 708. The normalized spacial score (nSPS) is 16.4. The van der Waals surface area contributed by atoms with E-state index >= 15 is 0 Å². The number of nitrogens with two attached hydrogens (primary N) is 1. The second kappa shape index (κ2) is 7.62. The first-order chi connectivity index (χ1) is 12.1. The van der Waals surface area contributed by atoms with Crippen molar-refractivity contribution in [3.63, 3.8) is 0 Å². The van der Waals surface area contributed by atoms with Gasteiger partial charge in [0, 0.05) is 32.4 Å². The molecule has 3 N–H and O–H groups in total. The highest BCUT2D eigenvalue weighted by Gasteiger charge is 2.38. The van der Waals surface area contributed by atoms with Gasteiger partial charge in [-0.2, -0.15) is 4.98 Å². The molecule has 1 aliphatic heterocycles. The molecular weight excluding hydrogens is 324 g/mol. The lowest BCUT2D eigenvalue weighted by Crippen LogP contribution is -2.46. The summed E-state index contributed by atoms with van der Waals surface area (Å²) in [6, 6.07) is 7.14. The zero-order valence-corrected chi connectivity index (χ0v) is 14.2. The van der Waals surface area contributed by atoms with E-state index in [1.165, 1.54) is 0 Å². The van der Waals surface area contributed by atoms with Crippen LogP contribution in [0.3, 0.4) is 0 Å². The fraction of sp³-hybridized carbons (Fsp3) is 0.471. The topological polar surface area (TPSA) is 112 Å². The quantitative estimate of drug-likeness (QED) is 0.817. The van der Waals surface area contributed by atoms with E-state index in [2.05, 4.69) is 15.5 Å². The van der Waals surface area contributed by atoms with E-state index in [0.29, 0.717) is 55.8 Å². The third-order valence-electron chi connectivity index (χ3n) is 4.37. The number of carbonyl (C=O) groups is 1. The molecular formula is C17H22N4O4. The van der Waals surface area contributed by atoms with Gasteiger partial charge in [-0.3, -0.25) is 4.79 Å². The molecule has 1 amide bonds. The lowest BCUT2D eigenvalue weighted by atomic mass is 9.79.